The molecule has 0 amide bonds. The highest BCUT2D eigenvalue weighted by Gasteiger charge is 2.27. The number of likely N-dealkylation sites (tertiary alicyclic amines) is 1. The first-order chi connectivity index (χ1) is 12.6. The Labute approximate surface area is 159 Å². The molecule has 1 atom stereocenters. The van der Waals surface area contributed by atoms with Crippen molar-refractivity contribution in [1.82, 2.24) is 4.90 Å². The number of aromatic hydroxyl groups is 1. The van der Waals surface area contributed by atoms with E-state index in [-0.39, 0.29) is 17.5 Å². The monoisotopic (exact) mass is 373 g/mol. The standard InChI is InChI=1S/C21H24ClNO3/c1-2-26-19-10-4-7-17(21(19)25)14-23-11-5-8-16(13-23)20(24)15-6-3-9-18(22)12-15/h3-4,6-7,9-10,12,16,25H,2,5,8,11,13-14H2,1H3/t16-/m1/s1. The van der Waals surface area contributed by atoms with E-state index < -0.39 is 0 Å². The van der Waals surface area contributed by atoms with Crippen LogP contribution in [-0.4, -0.2) is 35.5 Å². The van der Waals surface area contributed by atoms with E-state index in [4.69, 9.17) is 16.3 Å². The van der Waals surface area contributed by atoms with Crippen molar-refractivity contribution in [3.63, 3.8) is 0 Å². The van der Waals surface area contributed by atoms with Crippen molar-refractivity contribution in [2.45, 2.75) is 26.3 Å². The highest BCUT2D eigenvalue weighted by atomic mass is 35.5. The zero-order valence-corrected chi connectivity index (χ0v) is 15.7. The summed E-state index contributed by atoms with van der Waals surface area (Å²) >= 11 is 6.02. The van der Waals surface area contributed by atoms with E-state index >= 15 is 0 Å². The minimum atomic E-state index is -0.0422. The maximum atomic E-state index is 12.8. The van der Waals surface area contributed by atoms with Crippen LogP contribution < -0.4 is 4.74 Å². The predicted octanol–water partition coefficient (Wildman–Crippen LogP) is 4.54. The number of carbonyl (C=O) groups is 1. The van der Waals surface area contributed by atoms with Crippen LogP contribution >= 0.6 is 11.6 Å². The Morgan fingerprint density at radius 1 is 1.31 bits per heavy atom. The van der Waals surface area contributed by atoms with Crippen LogP contribution in [0, 0.1) is 5.92 Å². The first-order valence-corrected chi connectivity index (χ1v) is 9.42. The Morgan fingerprint density at radius 2 is 2.12 bits per heavy atom. The summed E-state index contributed by atoms with van der Waals surface area (Å²) < 4.78 is 5.46. The van der Waals surface area contributed by atoms with Crippen LogP contribution in [0.5, 0.6) is 11.5 Å². The van der Waals surface area contributed by atoms with Gasteiger partial charge in [0.2, 0.25) is 0 Å². The van der Waals surface area contributed by atoms with Gasteiger partial charge in [0, 0.05) is 35.2 Å². The summed E-state index contributed by atoms with van der Waals surface area (Å²) in [5.41, 5.74) is 1.50. The molecule has 138 valence electrons. The smallest absolute Gasteiger partial charge is 0.167 e. The highest BCUT2D eigenvalue weighted by molar-refractivity contribution is 6.31. The van der Waals surface area contributed by atoms with E-state index in [9.17, 15) is 9.90 Å². The summed E-state index contributed by atoms with van der Waals surface area (Å²) in [4.78, 5) is 15.0. The summed E-state index contributed by atoms with van der Waals surface area (Å²) in [5.74, 6) is 0.801. The van der Waals surface area contributed by atoms with Gasteiger partial charge in [0.05, 0.1) is 6.61 Å². The van der Waals surface area contributed by atoms with Gasteiger partial charge in [-0.3, -0.25) is 9.69 Å². The number of ketones is 1. The number of ether oxygens (including phenoxy) is 1. The molecule has 0 aliphatic carbocycles. The zero-order chi connectivity index (χ0) is 18.5. The van der Waals surface area contributed by atoms with E-state index in [2.05, 4.69) is 4.90 Å². The summed E-state index contributed by atoms with van der Waals surface area (Å²) in [5, 5.41) is 11.0. The van der Waals surface area contributed by atoms with Gasteiger partial charge in [0.25, 0.3) is 0 Å². The first kappa shape index (κ1) is 18.7. The van der Waals surface area contributed by atoms with E-state index in [1.54, 1.807) is 18.2 Å². The van der Waals surface area contributed by atoms with Gasteiger partial charge in [-0.2, -0.15) is 0 Å². The molecule has 0 aromatic heterocycles. The largest absolute Gasteiger partial charge is 0.504 e. The molecule has 26 heavy (non-hydrogen) atoms. The molecule has 5 heteroatoms. The third-order valence-corrected chi connectivity index (χ3v) is 5.00. The van der Waals surface area contributed by atoms with Crippen molar-refractivity contribution in [3.8, 4) is 11.5 Å². The fourth-order valence-corrected chi connectivity index (χ4v) is 3.69. The lowest BCUT2D eigenvalue weighted by molar-refractivity contribution is 0.0810. The number of hydrogen-bond donors (Lipinski definition) is 1. The average molecular weight is 374 g/mol. The van der Waals surface area contributed by atoms with Gasteiger partial charge in [-0.25, -0.2) is 0 Å². The molecule has 2 aromatic rings. The quantitative estimate of drug-likeness (QED) is 0.755. The van der Waals surface area contributed by atoms with Gasteiger partial charge in [-0.05, 0) is 44.5 Å². The maximum absolute atomic E-state index is 12.8. The minimum absolute atomic E-state index is 0.0422. The van der Waals surface area contributed by atoms with Gasteiger partial charge < -0.3 is 9.84 Å². The molecule has 2 aromatic carbocycles. The SMILES string of the molecule is CCOc1cccc(CN2CCC[C@@H](C(=O)c3cccc(Cl)c3)C2)c1O. The number of carbonyl (C=O) groups excluding carboxylic acids is 1. The van der Waals surface area contributed by atoms with Crippen LogP contribution in [0.2, 0.25) is 5.02 Å². The lowest BCUT2D eigenvalue weighted by Gasteiger charge is -2.32. The molecular formula is C21H24ClNO3. The fourth-order valence-electron chi connectivity index (χ4n) is 3.50. The number of phenols is 1. The molecule has 0 bridgehead atoms. The van der Waals surface area contributed by atoms with E-state index in [0.29, 0.717) is 36.0 Å². The molecule has 0 spiro atoms. The van der Waals surface area contributed by atoms with Gasteiger partial charge >= 0.3 is 0 Å². The third-order valence-electron chi connectivity index (χ3n) is 4.76. The van der Waals surface area contributed by atoms with Crippen LogP contribution in [-0.2, 0) is 6.54 Å². The van der Waals surface area contributed by atoms with Crippen molar-refractivity contribution in [1.29, 1.82) is 0 Å². The number of halogens is 1. The first-order valence-electron chi connectivity index (χ1n) is 9.04. The summed E-state index contributed by atoms with van der Waals surface area (Å²) in [6, 6.07) is 12.7. The van der Waals surface area contributed by atoms with Crippen molar-refractivity contribution < 1.29 is 14.6 Å². The molecular weight excluding hydrogens is 350 g/mol. The van der Waals surface area contributed by atoms with Gasteiger partial charge in [0.1, 0.15) is 0 Å². The molecule has 1 aliphatic rings. The molecule has 1 saturated heterocycles. The van der Waals surface area contributed by atoms with Crippen LogP contribution in [0.1, 0.15) is 35.7 Å². The van der Waals surface area contributed by atoms with Gasteiger partial charge in [-0.15, -0.1) is 0 Å². The molecule has 1 aliphatic heterocycles. The van der Waals surface area contributed by atoms with E-state index in [1.807, 2.05) is 31.2 Å². The Morgan fingerprint density at radius 3 is 2.88 bits per heavy atom. The highest BCUT2D eigenvalue weighted by Crippen LogP contribution is 2.32. The number of para-hydroxylation sites is 1. The van der Waals surface area contributed by atoms with Crippen LogP contribution in [0.4, 0.5) is 0 Å². The number of Topliss-reactive ketones (excluding diaryl/α,β-unsaturated/α-hetero) is 1. The Hall–Kier alpha value is -2.04. The number of nitrogens with zero attached hydrogens (tertiary/aromatic N) is 1. The predicted molar refractivity (Wildman–Crippen MR) is 103 cm³/mol. The molecule has 0 unspecified atom stereocenters. The normalized spacial score (nSPS) is 17.8. The Bertz CT molecular complexity index is 778. The van der Waals surface area contributed by atoms with Crippen LogP contribution in [0.15, 0.2) is 42.5 Å². The topological polar surface area (TPSA) is 49.8 Å². The Kier molecular flexibility index (Phi) is 6.17. The van der Waals surface area contributed by atoms with Crippen LogP contribution in [0.25, 0.3) is 0 Å². The van der Waals surface area contributed by atoms with Gasteiger partial charge in [-0.1, -0.05) is 35.9 Å². The van der Waals surface area contributed by atoms with E-state index in [1.165, 1.54) is 0 Å². The summed E-state index contributed by atoms with van der Waals surface area (Å²) in [7, 11) is 0. The molecule has 1 N–H and O–H groups in total. The fraction of sp³-hybridized carbons (Fsp3) is 0.381. The molecule has 0 saturated carbocycles. The maximum Gasteiger partial charge on any atom is 0.167 e. The summed E-state index contributed by atoms with van der Waals surface area (Å²) in [6.07, 6.45) is 1.84. The third kappa shape index (κ3) is 4.37. The lowest BCUT2D eigenvalue weighted by Crippen LogP contribution is -2.38. The average Bonchev–Trinajstić information content (AvgIpc) is 2.65. The lowest BCUT2D eigenvalue weighted by atomic mass is 9.90. The number of rotatable bonds is 6. The van der Waals surface area contributed by atoms with E-state index in [0.717, 1.165) is 24.9 Å². The summed E-state index contributed by atoms with van der Waals surface area (Å²) in [6.45, 7) is 4.60. The second-order valence-corrected chi connectivity index (χ2v) is 7.08. The number of phenolic OH excluding ortho intramolecular Hbond substituents is 1. The molecule has 3 rings (SSSR count). The molecule has 0 radical (unpaired) electrons. The minimum Gasteiger partial charge on any atom is -0.504 e. The molecule has 1 fully saturated rings. The van der Waals surface area contributed by atoms with Crippen LogP contribution in [0.3, 0.4) is 0 Å². The van der Waals surface area contributed by atoms with Crippen molar-refractivity contribution in [3.05, 3.63) is 58.6 Å². The van der Waals surface area contributed by atoms with Gasteiger partial charge in [0.15, 0.2) is 17.3 Å². The van der Waals surface area contributed by atoms with Crippen molar-refractivity contribution in [2.75, 3.05) is 19.7 Å². The Balaban J connectivity index is 1.69. The number of piperidine rings is 1. The molecule has 4 nitrogen and oxygen atoms in total. The van der Waals surface area contributed by atoms with Crippen molar-refractivity contribution in [2.24, 2.45) is 5.92 Å². The second kappa shape index (κ2) is 8.56. The second-order valence-electron chi connectivity index (χ2n) is 6.65. The zero-order valence-electron chi connectivity index (χ0n) is 15.0. The number of hydrogen-bond acceptors (Lipinski definition) is 4. The molecule has 1 heterocycles. The van der Waals surface area contributed by atoms with Crippen molar-refractivity contribution >= 4 is 17.4 Å². The number of benzene rings is 2.